The summed E-state index contributed by atoms with van der Waals surface area (Å²) >= 11 is 5.93. The predicted octanol–water partition coefficient (Wildman–Crippen LogP) is 1.76. The smallest absolute Gasteiger partial charge is 0.281 e. The lowest BCUT2D eigenvalue weighted by molar-refractivity contribution is 0.598. The second kappa shape index (κ2) is 4.75. The number of nitrogen functional groups attached to an aromatic ring is 1. The molecule has 1 aromatic heterocycles. The first-order chi connectivity index (χ1) is 8.79. The molecule has 0 aliphatic rings. The van der Waals surface area contributed by atoms with Crippen LogP contribution in [-0.4, -0.2) is 18.0 Å². The highest BCUT2D eigenvalue weighted by molar-refractivity contribution is 7.92. The van der Waals surface area contributed by atoms with Crippen molar-refractivity contribution in [2.45, 2.75) is 11.9 Å². The molecule has 0 saturated heterocycles. The van der Waals surface area contributed by atoms with Gasteiger partial charge >= 0.3 is 0 Å². The fraction of sp³-hybridized carbons (Fsp3) is 0.182. The van der Waals surface area contributed by atoms with Crippen LogP contribution in [0.5, 0.6) is 0 Å². The zero-order valence-corrected chi connectivity index (χ0v) is 12.0. The molecule has 0 atom stereocenters. The monoisotopic (exact) mass is 300 g/mol. The lowest BCUT2D eigenvalue weighted by Crippen LogP contribution is -2.13. The number of nitrogens with zero attached hydrogens (tertiary/aromatic N) is 2. The Balaban J connectivity index is 2.36. The van der Waals surface area contributed by atoms with Crippen molar-refractivity contribution in [2.75, 3.05) is 10.5 Å². The molecule has 0 unspecified atom stereocenters. The van der Waals surface area contributed by atoms with Gasteiger partial charge in [0.25, 0.3) is 10.0 Å². The van der Waals surface area contributed by atoms with Crippen LogP contribution in [0.3, 0.4) is 0 Å². The maximum atomic E-state index is 12.1. The number of anilines is 2. The maximum Gasteiger partial charge on any atom is 0.281 e. The molecule has 0 bridgehead atoms. The van der Waals surface area contributed by atoms with Crippen LogP contribution in [0.15, 0.2) is 29.4 Å². The molecule has 2 aromatic rings. The standard InChI is InChI=1S/C11H13ClN4O2S/c1-7-14-11(6-16(7)2)19(17,18)15-10-4-3-8(13)5-9(10)12/h3-6,15H,13H2,1-2H3. The van der Waals surface area contributed by atoms with Gasteiger partial charge in [-0.25, -0.2) is 4.98 Å². The van der Waals surface area contributed by atoms with Gasteiger partial charge in [-0.2, -0.15) is 8.42 Å². The molecule has 0 aliphatic carbocycles. The van der Waals surface area contributed by atoms with E-state index in [1.165, 1.54) is 18.3 Å². The number of sulfonamides is 1. The third-order valence-corrected chi connectivity index (χ3v) is 4.15. The van der Waals surface area contributed by atoms with Gasteiger partial charge in [0.15, 0.2) is 5.03 Å². The fourth-order valence-corrected chi connectivity index (χ4v) is 2.88. The van der Waals surface area contributed by atoms with Gasteiger partial charge in [0.05, 0.1) is 10.7 Å². The summed E-state index contributed by atoms with van der Waals surface area (Å²) in [6.45, 7) is 1.72. The molecular formula is C11H13ClN4O2S. The van der Waals surface area contributed by atoms with Crippen LogP contribution in [0.25, 0.3) is 0 Å². The summed E-state index contributed by atoms with van der Waals surface area (Å²) in [6.07, 6.45) is 1.43. The van der Waals surface area contributed by atoms with E-state index in [9.17, 15) is 8.42 Å². The minimum atomic E-state index is -3.76. The second-order valence-corrected chi connectivity index (χ2v) is 6.12. The summed E-state index contributed by atoms with van der Waals surface area (Å²) < 4.78 is 28.3. The predicted molar refractivity (Wildman–Crippen MR) is 74.6 cm³/mol. The molecule has 3 N–H and O–H groups in total. The quantitative estimate of drug-likeness (QED) is 0.845. The van der Waals surface area contributed by atoms with Crippen LogP contribution >= 0.6 is 11.6 Å². The Hall–Kier alpha value is -1.73. The SMILES string of the molecule is Cc1nc(S(=O)(=O)Nc2ccc(N)cc2Cl)cn1C. The largest absolute Gasteiger partial charge is 0.399 e. The second-order valence-electron chi connectivity index (χ2n) is 4.08. The van der Waals surface area contributed by atoms with Gasteiger partial charge in [0.1, 0.15) is 5.82 Å². The van der Waals surface area contributed by atoms with E-state index < -0.39 is 10.0 Å². The lowest BCUT2D eigenvalue weighted by atomic mass is 10.3. The fourth-order valence-electron chi connectivity index (χ4n) is 1.47. The molecule has 0 saturated carbocycles. The van der Waals surface area contributed by atoms with E-state index in [0.717, 1.165) is 0 Å². The van der Waals surface area contributed by atoms with Crippen molar-refractivity contribution in [3.63, 3.8) is 0 Å². The maximum absolute atomic E-state index is 12.1. The molecule has 0 spiro atoms. The Labute approximate surface area is 116 Å². The van der Waals surface area contributed by atoms with E-state index in [1.807, 2.05) is 0 Å². The number of rotatable bonds is 3. The third-order valence-electron chi connectivity index (χ3n) is 2.60. The molecule has 1 heterocycles. The van der Waals surface area contributed by atoms with E-state index in [0.29, 0.717) is 11.5 Å². The summed E-state index contributed by atoms with van der Waals surface area (Å²) in [5.74, 6) is 0.601. The zero-order valence-electron chi connectivity index (χ0n) is 10.4. The van der Waals surface area contributed by atoms with E-state index in [4.69, 9.17) is 17.3 Å². The molecule has 0 aliphatic heterocycles. The minimum Gasteiger partial charge on any atom is -0.399 e. The Morgan fingerprint density at radius 3 is 2.63 bits per heavy atom. The Bertz CT molecular complexity index is 705. The zero-order chi connectivity index (χ0) is 14.2. The summed E-state index contributed by atoms with van der Waals surface area (Å²) in [7, 11) is -2.04. The number of hydrogen-bond donors (Lipinski definition) is 2. The molecule has 2 rings (SSSR count). The number of hydrogen-bond acceptors (Lipinski definition) is 4. The van der Waals surface area contributed by atoms with Crippen molar-refractivity contribution in [1.29, 1.82) is 0 Å². The normalized spacial score (nSPS) is 11.5. The van der Waals surface area contributed by atoms with Gasteiger partial charge in [-0.1, -0.05) is 11.6 Å². The van der Waals surface area contributed by atoms with E-state index >= 15 is 0 Å². The van der Waals surface area contributed by atoms with Crippen LogP contribution in [0.4, 0.5) is 11.4 Å². The van der Waals surface area contributed by atoms with Crippen molar-refractivity contribution < 1.29 is 8.42 Å². The molecule has 6 nitrogen and oxygen atoms in total. The van der Waals surface area contributed by atoms with Crippen LogP contribution < -0.4 is 10.5 Å². The number of aromatic nitrogens is 2. The van der Waals surface area contributed by atoms with Gasteiger partial charge in [-0.3, -0.25) is 4.72 Å². The lowest BCUT2D eigenvalue weighted by Gasteiger charge is -2.08. The van der Waals surface area contributed by atoms with Crippen molar-refractivity contribution in [1.82, 2.24) is 9.55 Å². The average molecular weight is 301 g/mol. The van der Waals surface area contributed by atoms with Crippen molar-refractivity contribution in [3.8, 4) is 0 Å². The average Bonchev–Trinajstić information content (AvgIpc) is 2.64. The van der Waals surface area contributed by atoms with Crippen molar-refractivity contribution in [3.05, 3.63) is 35.2 Å². The molecular weight excluding hydrogens is 288 g/mol. The number of aryl methyl sites for hydroxylation is 2. The number of nitrogens with one attached hydrogen (secondary N) is 1. The molecule has 0 fully saturated rings. The van der Waals surface area contributed by atoms with Crippen molar-refractivity contribution >= 4 is 33.0 Å². The first-order valence-electron chi connectivity index (χ1n) is 5.37. The van der Waals surface area contributed by atoms with Gasteiger partial charge in [0.2, 0.25) is 0 Å². The summed E-state index contributed by atoms with van der Waals surface area (Å²) in [6, 6.07) is 4.54. The van der Waals surface area contributed by atoms with Crippen molar-refractivity contribution in [2.24, 2.45) is 7.05 Å². The van der Waals surface area contributed by atoms with Crippen LogP contribution in [0.1, 0.15) is 5.82 Å². The molecule has 0 radical (unpaired) electrons. The third kappa shape index (κ3) is 2.82. The van der Waals surface area contributed by atoms with Crippen LogP contribution in [-0.2, 0) is 17.1 Å². The molecule has 8 heteroatoms. The number of imidazole rings is 1. The van der Waals surface area contributed by atoms with E-state index in [2.05, 4.69) is 9.71 Å². The number of benzene rings is 1. The molecule has 102 valence electrons. The van der Waals surface area contributed by atoms with E-state index in [1.54, 1.807) is 24.6 Å². The van der Waals surface area contributed by atoms with Gasteiger partial charge in [-0.05, 0) is 25.1 Å². The molecule has 1 aromatic carbocycles. The highest BCUT2D eigenvalue weighted by atomic mass is 35.5. The Morgan fingerprint density at radius 1 is 1.42 bits per heavy atom. The van der Waals surface area contributed by atoms with Crippen LogP contribution in [0.2, 0.25) is 5.02 Å². The summed E-state index contributed by atoms with van der Waals surface area (Å²) in [4.78, 5) is 3.97. The van der Waals surface area contributed by atoms with Crippen LogP contribution in [0, 0.1) is 6.92 Å². The summed E-state index contributed by atoms with van der Waals surface area (Å²) in [5, 5.41) is 0.177. The number of nitrogens with two attached hydrogens (primary N) is 1. The summed E-state index contributed by atoms with van der Waals surface area (Å²) in [5.41, 5.74) is 6.27. The number of halogens is 1. The van der Waals surface area contributed by atoms with Gasteiger partial charge in [0, 0.05) is 18.9 Å². The Morgan fingerprint density at radius 2 is 2.11 bits per heavy atom. The molecule has 19 heavy (non-hydrogen) atoms. The Kier molecular flexibility index (Phi) is 3.42. The topological polar surface area (TPSA) is 90.0 Å². The molecule has 0 amide bonds. The van der Waals surface area contributed by atoms with Gasteiger partial charge in [-0.15, -0.1) is 0 Å². The minimum absolute atomic E-state index is 0.0552. The highest BCUT2D eigenvalue weighted by Crippen LogP contribution is 2.26. The first kappa shape index (κ1) is 13.7. The van der Waals surface area contributed by atoms with E-state index in [-0.39, 0.29) is 15.7 Å². The highest BCUT2D eigenvalue weighted by Gasteiger charge is 2.19. The van der Waals surface area contributed by atoms with Gasteiger partial charge < -0.3 is 10.3 Å². The first-order valence-corrected chi connectivity index (χ1v) is 7.23.